The molecule has 0 aliphatic carbocycles. The standard InChI is InChI=1S/C15H22N2O4/c1-10(2)13-20-8-15(3,9-21-13)14(18)17-11-5-6-12(19-4)16-7-11/h5-7,10,13H,8-9H2,1-4H3,(H,17,18). The number of nitrogens with one attached hydrogen (secondary N) is 1. The first-order valence-electron chi connectivity index (χ1n) is 6.99. The molecule has 0 atom stereocenters. The van der Waals surface area contributed by atoms with E-state index in [1.54, 1.807) is 25.4 Å². The van der Waals surface area contributed by atoms with Gasteiger partial charge >= 0.3 is 0 Å². The Morgan fingerprint density at radius 1 is 1.43 bits per heavy atom. The summed E-state index contributed by atoms with van der Waals surface area (Å²) in [5.41, 5.74) is -0.0845. The van der Waals surface area contributed by atoms with Crippen molar-refractivity contribution in [2.75, 3.05) is 25.6 Å². The minimum atomic E-state index is -0.703. The van der Waals surface area contributed by atoms with E-state index in [0.717, 1.165) is 0 Å². The Balaban J connectivity index is 1.96. The predicted octanol–water partition coefficient (Wildman–Crippen LogP) is 2.06. The fourth-order valence-electron chi connectivity index (χ4n) is 1.99. The van der Waals surface area contributed by atoms with Crippen molar-refractivity contribution in [3.05, 3.63) is 18.3 Å². The van der Waals surface area contributed by atoms with Crippen molar-refractivity contribution >= 4 is 11.6 Å². The maximum absolute atomic E-state index is 12.4. The normalized spacial score (nSPS) is 25.7. The SMILES string of the molecule is COc1ccc(NC(=O)C2(C)COC(C(C)C)OC2)cn1. The lowest BCUT2D eigenvalue weighted by Crippen LogP contribution is -2.48. The number of carbonyl (C=O) groups excluding carboxylic acids is 1. The summed E-state index contributed by atoms with van der Waals surface area (Å²) in [6.45, 7) is 6.55. The molecule has 1 N–H and O–H groups in total. The molecule has 1 amide bonds. The van der Waals surface area contributed by atoms with Crippen LogP contribution in [0, 0.1) is 11.3 Å². The van der Waals surface area contributed by atoms with Gasteiger partial charge in [-0.15, -0.1) is 0 Å². The lowest BCUT2D eigenvalue weighted by molar-refractivity contribution is -0.237. The minimum Gasteiger partial charge on any atom is -0.481 e. The molecule has 0 saturated carbocycles. The Bertz CT molecular complexity index is 479. The summed E-state index contributed by atoms with van der Waals surface area (Å²) < 4.78 is 16.2. The van der Waals surface area contributed by atoms with Crippen molar-refractivity contribution < 1.29 is 19.0 Å². The van der Waals surface area contributed by atoms with Gasteiger partial charge in [-0.1, -0.05) is 13.8 Å². The highest BCUT2D eigenvalue weighted by Crippen LogP contribution is 2.28. The molecule has 21 heavy (non-hydrogen) atoms. The van der Waals surface area contributed by atoms with Crippen molar-refractivity contribution in [2.45, 2.75) is 27.1 Å². The first-order valence-corrected chi connectivity index (χ1v) is 6.99. The van der Waals surface area contributed by atoms with Crippen molar-refractivity contribution in [3.8, 4) is 5.88 Å². The number of hydrogen-bond acceptors (Lipinski definition) is 5. The first-order chi connectivity index (χ1) is 9.94. The number of hydrogen-bond donors (Lipinski definition) is 1. The summed E-state index contributed by atoms with van der Waals surface area (Å²) in [5.74, 6) is 0.628. The van der Waals surface area contributed by atoms with E-state index in [1.807, 2.05) is 20.8 Å². The maximum Gasteiger partial charge on any atom is 0.235 e. The summed E-state index contributed by atoms with van der Waals surface area (Å²) >= 11 is 0. The third-order valence-corrected chi connectivity index (χ3v) is 3.43. The van der Waals surface area contributed by atoms with E-state index in [-0.39, 0.29) is 18.1 Å². The van der Waals surface area contributed by atoms with Gasteiger partial charge in [0.1, 0.15) is 0 Å². The Morgan fingerprint density at radius 3 is 2.57 bits per heavy atom. The molecule has 0 radical (unpaired) electrons. The van der Waals surface area contributed by atoms with Gasteiger partial charge in [-0.05, 0) is 13.0 Å². The molecule has 1 aromatic rings. The number of carbonyl (C=O) groups is 1. The zero-order valence-corrected chi connectivity index (χ0v) is 12.9. The Kier molecular flexibility index (Phi) is 4.80. The number of pyridine rings is 1. The highest BCUT2D eigenvalue weighted by Gasteiger charge is 2.40. The van der Waals surface area contributed by atoms with Gasteiger partial charge in [-0.25, -0.2) is 4.98 Å². The molecular formula is C15H22N2O4. The Labute approximate surface area is 124 Å². The van der Waals surface area contributed by atoms with Gasteiger partial charge in [-0.2, -0.15) is 0 Å². The van der Waals surface area contributed by atoms with Gasteiger partial charge in [0.15, 0.2) is 6.29 Å². The number of anilines is 1. The zero-order chi connectivity index (χ0) is 15.5. The molecule has 2 rings (SSSR count). The Morgan fingerprint density at radius 2 is 2.10 bits per heavy atom. The van der Waals surface area contributed by atoms with E-state index in [9.17, 15) is 4.79 Å². The van der Waals surface area contributed by atoms with Crippen LogP contribution in [0.25, 0.3) is 0 Å². The quantitative estimate of drug-likeness (QED) is 0.920. The number of amides is 1. The molecule has 2 heterocycles. The van der Waals surface area contributed by atoms with Crippen LogP contribution in [-0.2, 0) is 14.3 Å². The molecule has 6 nitrogen and oxygen atoms in total. The van der Waals surface area contributed by atoms with E-state index in [4.69, 9.17) is 14.2 Å². The second-order valence-electron chi connectivity index (χ2n) is 5.84. The van der Waals surface area contributed by atoms with Crippen LogP contribution in [0.3, 0.4) is 0 Å². The Hall–Kier alpha value is -1.66. The maximum atomic E-state index is 12.4. The second-order valence-corrected chi connectivity index (χ2v) is 5.84. The van der Waals surface area contributed by atoms with E-state index >= 15 is 0 Å². The summed E-state index contributed by atoms with van der Waals surface area (Å²) in [4.78, 5) is 16.4. The highest BCUT2D eigenvalue weighted by molar-refractivity contribution is 5.95. The van der Waals surface area contributed by atoms with Crippen LogP contribution in [0.5, 0.6) is 5.88 Å². The molecule has 0 bridgehead atoms. The van der Waals surface area contributed by atoms with Gasteiger partial charge in [0.2, 0.25) is 11.8 Å². The largest absolute Gasteiger partial charge is 0.481 e. The number of aromatic nitrogens is 1. The molecule has 1 aliphatic rings. The summed E-state index contributed by atoms with van der Waals surface area (Å²) in [5, 5.41) is 2.83. The zero-order valence-electron chi connectivity index (χ0n) is 12.9. The lowest BCUT2D eigenvalue weighted by Gasteiger charge is -2.37. The van der Waals surface area contributed by atoms with Crippen molar-refractivity contribution in [1.82, 2.24) is 4.98 Å². The average molecular weight is 294 g/mol. The molecule has 0 unspecified atom stereocenters. The number of ether oxygens (including phenoxy) is 3. The van der Waals surface area contributed by atoms with Gasteiger partial charge < -0.3 is 19.5 Å². The summed E-state index contributed by atoms with van der Waals surface area (Å²) in [6.07, 6.45) is 1.31. The number of methoxy groups -OCH3 is 1. The van der Waals surface area contributed by atoms with Crippen LogP contribution in [0.15, 0.2) is 18.3 Å². The van der Waals surface area contributed by atoms with Crippen LogP contribution in [0.4, 0.5) is 5.69 Å². The van der Waals surface area contributed by atoms with Crippen LogP contribution >= 0.6 is 0 Å². The molecule has 116 valence electrons. The van der Waals surface area contributed by atoms with E-state index < -0.39 is 5.41 Å². The molecule has 6 heteroatoms. The minimum absolute atomic E-state index is 0.142. The third-order valence-electron chi connectivity index (χ3n) is 3.43. The molecule has 1 saturated heterocycles. The third kappa shape index (κ3) is 3.71. The van der Waals surface area contributed by atoms with Crippen LogP contribution in [0.2, 0.25) is 0 Å². The molecule has 1 aliphatic heterocycles. The van der Waals surface area contributed by atoms with Crippen LogP contribution in [0.1, 0.15) is 20.8 Å². The van der Waals surface area contributed by atoms with Gasteiger partial charge in [0.25, 0.3) is 0 Å². The fraction of sp³-hybridized carbons (Fsp3) is 0.600. The van der Waals surface area contributed by atoms with Crippen LogP contribution in [-0.4, -0.2) is 37.5 Å². The van der Waals surface area contributed by atoms with E-state index in [2.05, 4.69) is 10.3 Å². The van der Waals surface area contributed by atoms with E-state index in [0.29, 0.717) is 24.8 Å². The lowest BCUT2D eigenvalue weighted by atomic mass is 9.90. The van der Waals surface area contributed by atoms with Crippen molar-refractivity contribution in [1.29, 1.82) is 0 Å². The molecule has 1 fully saturated rings. The summed E-state index contributed by atoms with van der Waals surface area (Å²) in [6, 6.07) is 3.44. The first kappa shape index (κ1) is 15.7. The second kappa shape index (κ2) is 6.41. The van der Waals surface area contributed by atoms with Gasteiger partial charge in [-0.3, -0.25) is 4.79 Å². The van der Waals surface area contributed by atoms with E-state index in [1.165, 1.54) is 0 Å². The molecule has 0 spiro atoms. The summed E-state index contributed by atoms with van der Waals surface area (Å²) in [7, 11) is 1.55. The topological polar surface area (TPSA) is 69.7 Å². The van der Waals surface area contributed by atoms with Gasteiger partial charge in [0.05, 0.1) is 37.6 Å². The van der Waals surface area contributed by atoms with Crippen molar-refractivity contribution in [2.24, 2.45) is 11.3 Å². The molecule has 1 aromatic heterocycles. The van der Waals surface area contributed by atoms with Gasteiger partial charge in [0, 0.05) is 12.0 Å². The monoisotopic (exact) mass is 294 g/mol. The number of rotatable bonds is 4. The predicted molar refractivity (Wildman–Crippen MR) is 78.1 cm³/mol. The average Bonchev–Trinajstić information content (AvgIpc) is 2.48. The molecule has 0 aromatic carbocycles. The molecular weight excluding hydrogens is 272 g/mol. The van der Waals surface area contributed by atoms with Crippen LogP contribution < -0.4 is 10.1 Å². The highest BCUT2D eigenvalue weighted by atomic mass is 16.7. The number of nitrogens with zero attached hydrogens (tertiary/aromatic N) is 1. The smallest absolute Gasteiger partial charge is 0.235 e. The van der Waals surface area contributed by atoms with Crippen molar-refractivity contribution in [3.63, 3.8) is 0 Å². The fourth-order valence-corrected chi connectivity index (χ4v) is 1.99.